The standard InChI is InChI=1S/C18H21NO2/c1-14-10-11-16(18(20)21-2)13-17(14)19-12-6-9-15-7-4-3-5-8-15/h3-5,7-8,10-11,13,19H,6,9,12H2,1-2H3. The van der Waals surface area contributed by atoms with Crippen molar-refractivity contribution in [3.05, 3.63) is 65.2 Å². The summed E-state index contributed by atoms with van der Waals surface area (Å²) in [5.41, 5.74) is 4.04. The van der Waals surface area contributed by atoms with Gasteiger partial charge in [-0.3, -0.25) is 0 Å². The van der Waals surface area contributed by atoms with Crippen molar-refractivity contribution in [2.75, 3.05) is 19.0 Å². The highest BCUT2D eigenvalue weighted by atomic mass is 16.5. The van der Waals surface area contributed by atoms with Gasteiger partial charge in [-0.1, -0.05) is 36.4 Å². The fraction of sp³-hybridized carbons (Fsp3) is 0.278. The van der Waals surface area contributed by atoms with Gasteiger partial charge in [0.2, 0.25) is 0 Å². The lowest BCUT2D eigenvalue weighted by Crippen LogP contribution is -2.07. The van der Waals surface area contributed by atoms with E-state index in [2.05, 4.69) is 29.6 Å². The molecule has 0 aliphatic carbocycles. The van der Waals surface area contributed by atoms with Crippen molar-refractivity contribution in [2.24, 2.45) is 0 Å². The summed E-state index contributed by atoms with van der Waals surface area (Å²) >= 11 is 0. The van der Waals surface area contributed by atoms with Crippen LogP contribution in [0.5, 0.6) is 0 Å². The fourth-order valence-corrected chi connectivity index (χ4v) is 2.22. The van der Waals surface area contributed by atoms with Crippen molar-refractivity contribution in [1.29, 1.82) is 0 Å². The number of anilines is 1. The molecule has 1 N–H and O–H groups in total. The number of benzene rings is 2. The van der Waals surface area contributed by atoms with Gasteiger partial charge in [-0.05, 0) is 43.0 Å². The van der Waals surface area contributed by atoms with Gasteiger partial charge in [-0.15, -0.1) is 0 Å². The molecule has 0 radical (unpaired) electrons. The largest absolute Gasteiger partial charge is 0.465 e. The van der Waals surface area contributed by atoms with Gasteiger partial charge in [0.05, 0.1) is 12.7 Å². The third kappa shape index (κ3) is 4.35. The van der Waals surface area contributed by atoms with E-state index in [4.69, 9.17) is 4.74 Å². The lowest BCUT2D eigenvalue weighted by atomic mass is 10.1. The molecule has 0 aliphatic rings. The average molecular weight is 283 g/mol. The molecule has 0 saturated heterocycles. The number of carbonyl (C=O) groups excluding carboxylic acids is 1. The molecule has 3 heteroatoms. The molecule has 0 bridgehead atoms. The Hall–Kier alpha value is -2.29. The van der Waals surface area contributed by atoms with Gasteiger partial charge in [-0.25, -0.2) is 4.79 Å². The average Bonchev–Trinajstić information content (AvgIpc) is 2.53. The van der Waals surface area contributed by atoms with Crippen LogP contribution in [0, 0.1) is 6.92 Å². The summed E-state index contributed by atoms with van der Waals surface area (Å²) in [7, 11) is 1.40. The zero-order valence-electron chi connectivity index (χ0n) is 12.6. The second kappa shape index (κ2) is 7.48. The first-order valence-electron chi connectivity index (χ1n) is 7.17. The van der Waals surface area contributed by atoms with Crippen molar-refractivity contribution in [1.82, 2.24) is 0 Å². The Balaban J connectivity index is 1.89. The Kier molecular flexibility index (Phi) is 5.38. The second-order valence-corrected chi connectivity index (χ2v) is 5.04. The molecule has 3 nitrogen and oxygen atoms in total. The predicted octanol–water partition coefficient (Wildman–Crippen LogP) is 3.83. The Labute approximate surface area is 126 Å². The van der Waals surface area contributed by atoms with E-state index in [0.29, 0.717) is 5.56 Å². The van der Waals surface area contributed by atoms with Gasteiger partial charge in [-0.2, -0.15) is 0 Å². The maximum Gasteiger partial charge on any atom is 0.337 e. The van der Waals surface area contributed by atoms with Crippen molar-refractivity contribution in [2.45, 2.75) is 19.8 Å². The van der Waals surface area contributed by atoms with Crippen molar-refractivity contribution in [3.63, 3.8) is 0 Å². The van der Waals surface area contributed by atoms with Crippen LogP contribution in [0.3, 0.4) is 0 Å². The molecule has 0 unspecified atom stereocenters. The molecule has 0 aromatic heterocycles. The van der Waals surface area contributed by atoms with E-state index < -0.39 is 0 Å². The molecule has 2 aromatic carbocycles. The van der Waals surface area contributed by atoms with Crippen LogP contribution in [0.25, 0.3) is 0 Å². The second-order valence-electron chi connectivity index (χ2n) is 5.04. The zero-order chi connectivity index (χ0) is 15.1. The highest BCUT2D eigenvalue weighted by molar-refractivity contribution is 5.90. The van der Waals surface area contributed by atoms with E-state index >= 15 is 0 Å². The van der Waals surface area contributed by atoms with E-state index in [1.807, 2.05) is 25.1 Å². The van der Waals surface area contributed by atoms with Crippen LogP contribution in [-0.2, 0) is 11.2 Å². The summed E-state index contributed by atoms with van der Waals surface area (Å²) in [6.07, 6.45) is 2.09. The lowest BCUT2D eigenvalue weighted by molar-refractivity contribution is 0.0601. The molecule has 0 spiro atoms. The fourth-order valence-electron chi connectivity index (χ4n) is 2.22. The van der Waals surface area contributed by atoms with Crippen LogP contribution < -0.4 is 5.32 Å². The number of hydrogen-bond acceptors (Lipinski definition) is 3. The van der Waals surface area contributed by atoms with Gasteiger partial charge in [0.25, 0.3) is 0 Å². The quantitative estimate of drug-likeness (QED) is 0.647. The van der Waals surface area contributed by atoms with Crippen molar-refractivity contribution in [3.8, 4) is 0 Å². The third-order valence-electron chi connectivity index (χ3n) is 3.46. The Bertz CT molecular complexity index is 593. The summed E-state index contributed by atoms with van der Waals surface area (Å²) in [6, 6.07) is 16.0. The Morgan fingerprint density at radius 2 is 1.90 bits per heavy atom. The number of methoxy groups -OCH3 is 1. The van der Waals surface area contributed by atoms with Crippen molar-refractivity contribution >= 4 is 11.7 Å². The summed E-state index contributed by atoms with van der Waals surface area (Å²) in [4.78, 5) is 11.5. The highest BCUT2D eigenvalue weighted by Gasteiger charge is 2.07. The van der Waals surface area contributed by atoms with E-state index in [0.717, 1.165) is 30.6 Å². The lowest BCUT2D eigenvalue weighted by Gasteiger charge is -2.11. The normalized spacial score (nSPS) is 10.2. The minimum Gasteiger partial charge on any atom is -0.465 e. The summed E-state index contributed by atoms with van der Waals surface area (Å²) in [5.74, 6) is -0.303. The molecular weight excluding hydrogens is 262 g/mol. The zero-order valence-corrected chi connectivity index (χ0v) is 12.6. The summed E-state index contributed by atoms with van der Waals surface area (Å²) in [5, 5.41) is 3.39. The predicted molar refractivity (Wildman–Crippen MR) is 85.8 cm³/mol. The number of carbonyl (C=O) groups is 1. The topological polar surface area (TPSA) is 38.3 Å². The van der Waals surface area contributed by atoms with Crippen LogP contribution in [0.15, 0.2) is 48.5 Å². The minimum atomic E-state index is -0.303. The molecule has 0 amide bonds. The van der Waals surface area contributed by atoms with Gasteiger partial charge < -0.3 is 10.1 Å². The van der Waals surface area contributed by atoms with Gasteiger partial charge in [0, 0.05) is 12.2 Å². The first-order valence-corrected chi connectivity index (χ1v) is 7.17. The van der Waals surface area contributed by atoms with E-state index in [9.17, 15) is 4.79 Å². The molecule has 110 valence electrons. The molecule has 0 saturated carbocycles. The van der Waals surface area contributed by atoms with Gasteiger partial charge in [0.1, 0.15) is 0 Å². The summed E-state index contributed by atoms with van der Waals surface area (Å²) in [6.45, 7) is 2.90. The third-order valence-corrected chi connectivity index (χ3v) is 3.46. The maximum atomic E-state index is 11.5. The van der Waals surface area contributed by atoms with Gasteiger partial charge >= 0.3 is 5.97 Å². The van der Waals surface area contributed by atoms with Crippen LogP contribution in [0.4, 0.5) is 5.69 Å². The molecule has 0 aliphatic heterocycles. The molecule has 0 heterocycles. The number of rotatable bonds is 6. The van der Waals surface area contributed by atoms with E-state index in [-0.39, 0.29) is 5.97 Å². The first-order chi connectivity index (χ1) is 10.2. The smallest absolute Gasteiger partial charge is 0.337 e. The summed E-state index contributed by atoms with van der Waals surface area (Å²) < 4.78 is 4.75. The molecule has 0 atom stereocenters. The maximum absolute atomic E-state index is 11.5. The minimum absolute atomic E-state index is 0.303. The molecular formula is C18H21NO2. The Morgan fingerprint density at radius 3 is 2.62 bits per heavy atom. The SMILES string of the molecule is COC(=O)c1ccc(C)c(NCCCc2ccccc2)c1. The molecule has 2 rings (SSSR count). The van der Waals surface area contributed by atoms with Crippen LogP contribution in [0.1, 0.15) is 27.9 Å². The number of hydrogen-bond donors (Lipinski definition) is 1. The highest BCUT2D eigenvalue weighted by Crippen LogP contribution is 2.17. The van der Waals surface area contributed by atoms with Gasteiger partial charge in [0.15, 0.2) is 0 Å². The monoisotopic (exact) mass is 283 g/mol. The number of aryl methyl sites for hydroxylation is 2. The number of ether oxygens (including phenoxy) is 1. The molecule has 2 aromatic rings. The van der Waals surface area contributed by atoms with E-state index in [1.165, 1.54) is 12.7 Å². The molecule has 0 fully saturated rings. The first kappa shape index (κ1) is 15.1. The van der Waals surface area contributed by atoms with Crippen molar-refractivity contribution < 1.29 is 9.53 Å². The number of nitrogens with one attached hydrogen (secondary N) is 1. The van der Waals surface area contributed by atoms with Crippen LogP contribution >= 0.6 is 0 Å². The Morgan fingerprint density at radius 1 is 1.14 bits per heavy atom. The van der Waals surface area contributed by atoms with E-state index in [1.54, 1.807) is 6.07 Å². The molecule has 21 heavy (non-hydrogen) atoms. The van der Waals surface area contributed by atoms with Crippen LogP contribution in [-0.4, -0.2) is 19.6 Å². The number of esters is 1. The van der Waals surface area contributed by atoms with Crippen LogP contribution in [0.2, 0.25) is 0 Å².